The van der Waals surface area contributed by atoms with Gasteiger partial charge in [-0.3, -0.25) is 9.69 Å². The molecular formula is C31H38N6O4. The lowest BCUT2D eigenvalue weighted by atomic mass is 10.0. The van der Waals surface area contributed by atoms with Gasteiger partial charge in [0.2, 0.25) is 5.91 Å². The summed E-state index contributed by atoms with van der Waals surface area (Å²) in [5, 5.41) is 12.6. The summed E-state index contributed by atoms with van der Waals surface area (Å²) in [5.41, 5.74) is 3.06. The van der Waals surface area contributed by atoms with Gasteiger partial charge in [-0.25, -0.2) is 0 Å². The van der Waals surface area contributed by atoms with Crippen molar-refractivity contribution in [2.45, 2.75) is 25.5 Å². The maximum absolute atomic E-state index is 12.2. The number of benzene rings is 2. The van der Waals surface area contributed by atoms with Crippen molar-refractivity contribution < 1.29 is 19.4 Å². The number of phenols is 1. The number of phenolic OH excluding ortho intramolecular Hbond substituents is 1. The summed E-state index contributed by atoms with van der Waals surface area (Å²) < 4.78 is 11.7. The van der Waals surface area contributed by atoms with Gasteiger partial charge in [0.05, 0.1) is 18.3 Å². The van der Waals surface area contributed by atoms with E-state index >= 15 is 0 Å². The van der Waals surface area contributed by atoms with E-state index < -0.39 is 0 Å². The highest BCUT2D eigenvalue weighted by Crippen LogP contribution is 2.36. The van der Waals surface area contributed by atoms with Gasteiger partial charge in [0.1, 0.15) is 18.2 Å². The van der Waals surface area contributed by atoms with Crippen molar-refractivity contribution in [2.75, 3.05) is 75.9 Å². The number of aromatic nitrogens is 2. The Morgan fingerprint density at radius 3 is 2.71 bits per heavy atom. The molecule has 1 amide bonds. The number of carbonyl (C=O) groups is 1. The van der Waals surface area contributed by atoms with Crippen LogP contribution in [-0.4, -0.2) is 103 Å². The normalized spacial score (nSPS) is 19.4. The van der Waals surface area contributed by atoms with E-state index in [1.165, 1.54) is 6.08 Å². The molecule has 1 unspecified atom stereocenters. The van der Waals surface area contributed by atoms with E-state index in [2.05, 4.69) is 27.3 Å². The third-order valence-corrected chi connectivity index (χ3v) is 8.45. The molecule has 0 saturated carbocycles. The molecule has 2 fully saturated rings. The van der Waals surface area contributed by atoms with E-state index in [9.17, 15) is 9.90 Å². The van der Waals surface area contributed by atoms with Crippen LogP contribution in [0.3, 0.4) is 0 Å². The van der Waals surface area contributed by atoms with Gasteiger partial charge in [0.15, 0.2) is 0 Å². The minimum absolute atomic E-state index is 0.0370. The molecule has 41 heavy (non-hydrogen) atoms. The lowest BCUT2D eigenvalue weighted by molar-refractivity contribution is -0.126. The monoisotopic (exact) mass is 558 g/mol. The Kier molecular flexibility index (Phi) is 7.93. The van der Waals surface area contributed by atoms with Crippen LogP contribution in [-0.2, 0) is 22.5 Å². The number of ether oxygens (including phenoxy) is 2. The third kappa shape index (κ3) is 5.80. The Morgan fingerprint density at radius 1 is 1.10 bits per heavy atom. The topological polar surface area (TPSA) is 94.5 Å². The molecule has 3 aliphatic heterocycles. The first-order valence-corrected chi connectivity index (χ1v) is 14.4. The fourth-order valence-corrected chi connectivity index (χ4v) is 6.18. The standard InChI is InChI=1S/C31H38N6O4/c1-3-29(39)35-12-14-36(15-13-35)30-26-9-11-37(28-19-23(38)18-22-6-4-5-7-25(22)28)21-27(26)32-31(33-30)41-17-16-34-10-8-24(20-34)40-2/h3-7,18-19,24,38H,1,8-17,20-21H2,2H3. The Labute approximate surface area is 240 Å². The molecule has 216 valence electrons. The largest absolute Gasteiger partial charge is 0.508 e. The van der Waals surface area contributed by atoms with Gasteiger partial charge in [-0.1, -0.05) is 30.8 Å². The van der Waals surface area contributed by atoms with Crippen LogP contribution in [0.2, 0.25) is 0 Å². The number of methoxy groups -OCH3 is 1. The van der Waals surface area contributed by atoms with Crippen LogP contribution in [0.15, 0.2) is 49.1 Å². The lowest BCUT2D eigenvalue weighted by Gasteiger charge is -2.38. The number of nitrogens with zero attached hydrogens (tertiary/aromatic N) is 6. The Balaban J connectivity index is 1.26. The minimum atomic E-state index is -0.0370. The smallest absolute Gasteiger partial charge is 0.318 e. The summed E-state index contributed by atoms with van der Waals surface area (Å²) in [4.78, 5) is 30.7. The first kappa shape index (κ1) is 27.3. The average molecular weight is 559 g/mol. The molecule has 10 heteroatoms. The van der Waals surface area contributed by atoms with Crippen LogP contribution < -0.4 is 14.5 Å². The molecular weight excluding hydrogens is 520 g/mol. The molecule has 0 aliphatic carbocycles. The number of anilines is 2. The number of carbonyl (C=O) groups excluding carboxylic acids is 1. The quantitative estimate of drug-likeness (QED) is 0.419. The molecule has 6 rings (SSSR count). The fraction of sp³-hybridized carbons (Fsp3) is 0.452. The Hall–Kier alpha value is -3.89. The number of fused-ring (bicyclic) bond motifs is 2. The van der Waals surface area contributed by atoms with Gasteiger partial charge in [0.25, 0.3) is 0 Å². The highest BCUT2D eigenvalue weighted by Gasteiger charge is 2.29. The van der Waals surface area contributed by atoms with Crippen molar-refractivity contribution >= 4 is 28.2 Å². The van der Waals surface area contributed by atoms with E-state index in [4.69, 9.17) is 19.4 Å². The molecule has 0 bridgehead atoms. The summed E-state index contributed by atoms with van der Waals surface area (Å²) in [6.45, 7) is 10.8. The molecule has 0 spiro atoms. The number of amides is 1. The van der Waals surface area contributed by atoms with Crippen molar-refractivity contribution in [3.63, 3.8) is 0 Å². The van der Waals surface area contributed by atoms with Crippen molar-refractivity contribution in [3.8, 4) is 11.8 Å². The number of piperazine rings is 1. The molecule has 1 N–H and O–H groups in total. The van der Waals surface area contributed by atoms with Crippen LogP contribution in [0.25, 0.3) is 10.8 Å². The lowest BCUT2D eigenvalue weighted by Crippen LogP contribution is -2.49. The maximum atomic E-state index is 12.2. The van der Waals surface area contributed by atoms with Gasteiger partial charge >= 0.3 is 6.01 Å². The molecule has 4 heterocycles. The van der Waals surface area contributed by atoms with Gasteiger partial charge in [-0.2, -0.15) is 9.97 Å². The van der Waals surface area contributed by atoms with Gasteiger partial charge in [0, 0.05) is 82.2 Å². The van der Waals surface area contributed by atoms with E-state index in [0.29, 0.717) is 45.3 Å². The first-order chi connectivity index (χ1) is 20.0. The zero-order chi connectivity index (χ0) is 28.3. The number of rotatable bonds is 8. The number of hydrogen-bond acceptors (Lipinski definition) is 9. The van der Waals surface area contributed by atoms with E-state index in [1.807, 2.05) is 29.2 Å². The molecule has 3 aliphatic rings. The van der Waals surface area contributed by atoms with Gasteiger partial charge in [-0.05, 0) is 30.4 Å². The number of aromatic hydroxyl groups is 1. The predicted molar refractivity (Wildman–Crippen MR) is 159 cm³/mol. The summed E-state index contributed by atoms with van der Waals surface area (Å²) in [6, 6.07) is 12.2. The van der Waals surface area contributed by atoms with Crippen molar-refractivity contribution in [3.05, 3.63) is 60.3 Å². The number of hydrogen-bond donors (Lipinski definition) is 1. The van der Waals surface area contributed by atoms with Crippen LogP contribution in [0.4, 0.5) is 11.5 Å². The second-order valence-electron chi connectivity index (χ2n) is 10.9. The third-order valence-electron chi connectivity index (χ3n) is 8.45. The van der Waals surface area contributed by atoms with Crippen LogP contribution in [0, 0.1) is 0 Å². The summed E-state index contributed by atoms with van der Waals surface area (Å²) in [7, 11) is 1.77. The summed E-state index contributed by atoms with van der Waals surface area (Å²) in [6.07, 6.45) is 3.47. The summed E-state index contributed by atoms with van der Waals surface area (Å²) >= 11 is 0. The molecule has 1 atom stereocenters. The molecule has 0 radical (unpaired) electrons. The summed E-state index contributed by atoms with van der Waals surface area (Å²) in [5.74, 6) is 1.11. The zero-order valence-electron chi connectivity index (χ0n) is 23.7. The highest BCUT2D eigenvalue weighted by atomic mass is 16.5. The second-order valence-corrected chi connectivity index (χ2v) is 10.9. The second kappa shape index (κ2) is 11.9. The van der Waals surface area contributed by atoms with Gasteiger partial charge in [-0.15, -0.1) is 0 Å². The van der Waals surface area contributed by atoms with Crippen molar-refractivity contribution in [1.82, 2.24) is 19.8 Å². The van der Waals surface area contributed by atoms with Crippen LogP contribution in [0.5, 0.6) is 11.8 Å². The minimum Gasteiger partial charge on any atom is -0.508 e. The zero-order valence-corrected chi connectivity index (χ0v) is 23.7. The Bertz CT molecular complexity index is 1420. The van der Waals surface area contributed by atoms with E-state index in [0.717, 1.165) is 72.6 Å². The van der Waals surface area contributed by atoms with Crippen molar-refractivity contribution in [2.24, 2.45) is 0 Å². The van der Waals surface area contributed by atoms with Crippen LogP contribution >= 0.6 is 0 Å². The molecule has 10 nitrogen and oxygen atoms in total. The molecule has 2 saturated heterocycles. The highest BCUT2D eigenvalue weighted by molar-refractivity contribution is 5.95. The SMILES string of the molecule is C=CC(=O)N1CCN(c2nc(OCCN3CCC(OC)C3)nc3c2CCN(c2cc(O)cc4ccccc24)C3)CC1. The van der Waals surface area contributed by atoms with Crippen LogP contribution in [0.1, 0.15) is 17.7 Å². The van der Waals surface area contributed by atoms with E-state index in [-0.39, 0.29) is 17.8 Å². The fourth-order valence-electron chi connectivity index (χ4n) is 6.18. The average Bonchev–Trinajstić information content (AvgIpc) is 3.47. The van der Waals surface area contributed by atoms with Gasteiger partial charge < -0.3 is 29.3 Å². The first-order valence-electron chi connectivity index (χ1n) is 14.4. The maximum Gasteiger partial charge on any atom is 0.318 e. The predicted octanol–water partition coefficient (Wildman–Crippen LogP) is 2.83. The Morgan fingerprint density at radius 2 is 1.93 bits per heavy atom. The van der Waals surface area contributed by atoms with E-state index in [1.54, 1.807) is 13.2 Å². The molecule has 3 aromatic rings. The molecule has 2 aromatic carbocycles. The molecule has 1 aromatic heterocycles. The number of likely N-dealkylation sites (tertiary alicyclic amines) is 1. The van der Waals surface area contributed by atoms with Crippen molar-refractivity contribution in [1.29, 1.82) is 0 Å².